The summed E-state index contributed by atoms with van der Waals surface area (Å²) in [7, 11) is -4.15. The summed E-state index contributed by atoms with van der Waals surface area (Å²) in [6.07, 6.45) is -8.34. The highest BCUT2D eigenvalue weighted by Crippen LogP contribution is 2.45. The zero-order valence-corrected chi connectivity index (χ0v) is 21.1. The Morgan fingerprint density at radius 3 is 2.33 bits per heavy atom. The lowest BCUT2D eigenvalue weighted by molar-refractivity contribution is -0.137. The van der Waals surface area contributed by atoms with E-state index in [9.17, 15) is 37.1 Å². The number of nitrogens with zero attached hydrogens (tertiary/aromatic N) is 2. The molecular weight excluding hydrogens is 535 g/mol. The van der Waals surface area contributed by atoms with Gasteiger partial charge in [-0.25, -0.2) is 8.42 Å². The number of allylic oxidation sites excluding steroid dienone is 1. The number of benzene rings is 3. The molecule has 8 nitrogen and oxygen atoms in total. The van der Waals surface area contributed by atoms with E-state index in [1.54, 1.807) is 18.2 Å². The highest BCUT2D eigenvalue weighted by molar-refractivity contribution is 7.91. The van der Waals surface area contributed by atoms with Crippen molar-refractivity contribution in [3.8, 4) is 6.07 Å². The summed E-state index contributed by atoms with van der Waals surface area (Å²) in [5, 5.41) is 33.6. The van der Waals surface area contributed by atoms with Gasteiger partial charge in [0.05, 0.1) is 33.0 Å². The molecule has 3 N–H and O–H groups in total. The van der Waals surface area contributed by atoms with Crippen molar-refractivity contribution in [2.45, 2.75) is 47.7 Å². The summed E-state index contributed by atoms with van der Waals surface area (Å²) in [6.45, 7) is 1.54. The molecule has 39 heavy (non-hydrogen) atoms. The molecule has 0 spiro atoms. The van der Waals surface area contributed by atoms with E-state index >= 15 is 0 Å². The van der Waals surface area contributed by atoms with Gasteiger partial charge >= 0.3 is 6.18 Å². The van der Waals surface area contributed by atoms with Crippen molar-refractivity contribution in [3.63, 3.8) is 0 Å². The Hall–Kier alpha value is -3.73. The number of aliphatic hydroxyl groups is 2. The molecule has 2 heterocycles. The second-order valence-corrected chi connectivity index (χ2v) is 11.0. The van der Waals surface area contributed by atoms with Crippen molar-refractivity contribution in [2.75, 3.05) is 4.90 Å². The summed E-state index contributed by atoms with van der Waals surface area (Å²) in [4.78, 5) is 0.989. The third-order valence-electron chi connectivity index (χ3n) is 6.67. The van der Waals surface area contributed by atoms with Crippen molar-refractivity contribution >= 4 is 15.5 Å². The minimum atomic E-state index is -4.62. The Bertz CT molecular complexity index is 1600. The number of halogens is 3. The van der Waals surface area contributed by atoms with Gasteiger partial charge in [0, 0.05) is 17.0 Å². The molecule has 3 aromatic carbocycles. The number of alkyl halides is 3. The molecule has 0 aromatic heterocycles. The quantitative estimate of drug-likeness (QED) is 0.404. The van der Waals surface area contributed by atoms with E-state index in [4.69, 9.17) is 4.74 Å². The lowest BCUT2D eigenvalue weighted by Crippen LogP contribution is -2.52. The third kappa shape index (κ3) is 4.91. The van der Waals surface area contributed by atoms with Crippen LogP contribution in [0.1, 0.15) is 29.7 Å². The monoisotopic (exact) mass is 557 g/mol. The Morgan fingerprint density at radius 2 is 1.72 bits per heavy atom. The summed E-state index contributed by atoms with van der Waals surface area (Å²) >= 11 is 0. The molecule has 1 fully saturated rings. The smallest absolute Gasteiger partial charge is 0.366 e. The fourth-order valence-corrected chi connectivity index (χ4v) is 6.32. The molecule has 5 rings (SSSR count). The minimum Gasteiger partial charge on any atom is -0.366 e. The van der Waals surface area contributed by atoms with Gasteiger partial charge in [-0.2, -0.15) is 18.4 Å². The van der Waals surface area contributed by atoms with Gasteiger partial charge in [-0.1, -0.05) is 30.3 Å². The predicted octanol–water partition coefficient (Wildman–Crippen LogP) is 3.83. The molecule has 0 bridgehead atoms. The first kappa shape index (κ1) is 26.9. The SMILES string of the molecule is CC1=C(C2OC2O)C(c2ccc(C#N)cc2S(=O)(=O)c2ccccc2)NC(O)N1c1cccc(C(F)(F)F)c1. The maximum Gasteiger partial charge on any atom is 0.416 e. The molecule has 0 aliphatic carbocycles. The highest BCUT2D eigenvalue weighted by Gasteiger charge is 2.49. The van der Waals surface area contributed by atoms with Gasteiger partial charge in [0.15, 0.2) is 12.6 Å². The molecule has 4 atom stereocenters. The molecule has 0 radical (unpaired) electrons. The van der Waals surface area contributed by atoms with E-state index in [0.29, 0.717) is 5.57 Å². The van der Waals surface area contributed by atoms with Crippen LogP contribution >= 0.6 is 0 Å². The van der Waals surface area contributed by atoms with Gasteiger partial charge in [0.1, 0.15) is 6.10 Å². The lowest BCUT2D eigenvalue weighted by Gasteiger charge is -2.41. The minimum absolute atomic E-state index is 0.0189. The highest BCUT2D eigenvalue weighted by atomic mass is 32.2. The molecule has 3 aromatic rings. The zero-order valence-electron chi connectivity index (χ0n) is 20.3. The number of sulfone groups is 1. The predicted molar refractivity (Wildman–Crippen MR) is 132 cm³/mol. The van der Waals surface area contributed by atoms with Crippen LogP contribution in [0.4, 0.5) is 18.9 Å². The fraction of sp³-hybridized carbons (Fsp3) is 0.222. The van der Waals surface area contributed by atoms with E-state index in [0.717, 1.165) is 12.1 Å². The van der Waals surface area contributed by atoms with Crippen molar-refractivity contribution in [1.82, 2.24) is 5.32 Å². The van der Waals surface area contributed by atoms with Crippen molar-refractivity contribution in [3.05, 3.63) is 101 Å². The van der Waals surface area contributed by atoms with Gasteiger partial charge < -0.3 is 19.8 Å². The Kier molecular flexibility index (Phi) is 6.74. The molecule has 0 amide bonds. The topological polar surface area (TPSA) is 126 Å². The first-order valence-corrected chi connectivity index (χ1v) is 13.2. The second kappa shape index (κ2) is 9.78. The average Bonchev–Trinajstić information content (AvgIpc) is 3.63. The summed E-state index contributed by atoms with van der Waals surface area (Å²) in [5.41, 5.74) is -0.0723. The molecule has 2 aliphatic rings. The molecule has 12 heteroatoms. The number of rotatable bonds is 5. The molecule has 0 saturated carbocycles. The maximum atomic E-state index is 13.7. The summed E-state index contributed by atoms with van der Waals surface area (Å²) < 4.78 is 72.9. The van der Waals surface area contributed by atoms with Crippen molar-refractivity contribution in [2.24, 2.45) is 0 Å². The summed E-state index contributed by atoms with van der Waals surface area (Å²) in [5.74, 6) is 0. The number of hydrogen-bond acceptors (Lipinski definition) is 8. The van der Waals surface area contributed by atoms with Gasteiger partial charge in [0.2, 0.25) is 9.84 Å². The Balaban J connectivity index is 1.68. The molecule has 1 saturated heterocycles. The van der Waals surface area contributed by atoms with E-state index in [2.05, 4.69) is 5.32 Å². The van der Waals surface area contributed by atoms with Gasteiger partial charge in [-0.15, -0.1) is 0 Å². The van der Waals surface area contributed by atoms with E-state index < -0.39 is 46.4 Å². The number of ether oxygens (including phenoxy) is 1. The normalized spacial score (nSPS) is 23.5. The van der Waals surface area contributed by atoms with Crippen LogP contribution in [0.2, 0.25) is 0 Å². The Labute approximate surface area is 222 Å². The molecule has 202 valence electrons. The fourth-order valence-electron chi connectivity index (χ4n) is 4.77. The van der Waals surface area contributed by atoms with Gasteiger partial charge in [-0.05, 0) is 55.0 Å². The number of nitriles is 1. The molecule has 2 aliphatic heterocycles. The number of epoxide rings is 1. The van der Waals surface area contributed by atoms with Crippen molar-refractivity contribution < 1.29 is 36.5 Å². The van der Waals surface area contributed by atoms with Crippen molar-refractivity contribution in [1.29, 1.82) is 5.26 Å². The molecule has 4 unspecified atom stereocenters. The number of hydrogen-bond donors (Lipinski definition) is 3. The lowest BCUT2D eigenvalue weighted by atomic mass is 9.91. The van der Waals surface area contributed by atoms with E-state index in [1.165, 1.54) is 54.3 Å². The average molecular weight is 558 g/mol. The second-order valence-electron chi connectivity index (χ2n) is 9.06. The third-order valence-corrected chi connectivity index (χ3v) is 8.50. The molecular formula is C27H22F3N3O5S. The van der Waals surface area contributed by atoms with Gasteiger partial charge in [-0.3, -0.25) is 5.32 Å². The first-order valence-electron chi connectivity index (χ1n) is 11.7. The van der Waals surface area contributed by atoms with Crippen LogP contribution in [0.3, 0.4) is 0 Å². The summed E-state index contributed by atoms with van der Waals surface area (Å²) in [6, 6.07) is 16.9. The van der Waals surface area contributed by atoms with E-state index in [1.807, 2.05) is 6.07 Å². The number of aliphatic hydroxyl groups excluding tert-OH is 2. The van der Waals surface area contributed by atoms with Crippen LogP contribution in [0.15, 0.2) is 93.9 Å². The number of anilines is 1. The van der Waals surface area contributed by atoms with E-state index in [-0.39, 0.29) is 32.3 Å². The van der Waals surface area contributed by atoms with Crippen LogP contribution in [-0.2, 0) is 20.8 Å². The van der Waals surface area contributed by atoms with Gasteiger partial charge in [0.25, 0.3) is 0 Å². The van der Waals surface area contributed by atoms with Crippen LogP contribution < -0.4 is 10.2 Å². The number of nitrogens with one attached hydrogen (secondary N) is 1. The van der Waals surface area contributed by atoms with Crippen LogP contribution in [0.25, 0.3) is 0 Å². The van der Waals surface area contributed by atoms with Crippen LogP contribution in [0, 0.1) is 11.3 Å². The first-order chi connectivity index (χ1) is 18.4. The van der Waals surface area contributed by atoms with Crippen LogP contribution in [0.5, 0.6) is 0 Å². The Morgan fingerprint density at radius 1 is 1.03 bits per heavy atom. The van der Waals surface area contributed by atoms with Crippen LogP contribution in [-0.4, -0.2) is 37.4 Å². The maximum absolute atomic E-state index is 13.7. The largest absolute Gasteiger partial charge is 0.416 e. The zero-order chi connectivity index (χ0) is 28.1. The standard InChI is InChI=1S/C27H22F3N3O5S/c1-15-22(24-25(34)38-24)23(32-26(35)33(15)18-7-5-6-17(13-18)27(28,29)30)20-11-10-16(14-31)12-21(20)39(36,37)19-8-3-2-4-9-19/h2-13,23-26,32,34-35H,1H3.